The Kier molecular flexibility index (Phi) is 4.52. The normalized spacial score (nSPS) is 10.4. The maximum absolute atomic E-state index is 4.45. The first-order valence-electron chi connectivity index (χ1n) is 7.17. The molecule has 0 saturated heterocycles. The molecule has 0 unspecified atom stereocenters. The molecule has 23 heavy (non-hydrogen) atoms. The van der Waals surface area contributed by atoms with Crippen molar-refractivity contribution in [2.45, 2.75) is 13.8 Å². The number of hydrogen-bond acceptors (Lipinski definition) is 5. The summed E-state index contributed by atoms with van der Waals surface area (Å²) >= 11 is 3.53. The van der Waals surface area contributed by atoms with Gasteiger partial charge in [-0.05, 0) is 43.2 Å². The van der Waals surface area contributed by atoms with Crippen LogP contribution in [-0.2, 0) is 0 Å². The van der Waals surface area contributed by atoms with E-state index in [2.05, 4.69) is 41.7 Å². The van der Waals surface area contributed by atoms with E-state index in [0.29, 0.717) is 11.8 Å². The number of benzene rings is 2. The predicted octanol–water partition coefficient (Wildman–Crippen LogP) is 4.74. The van der Waals surface area contributed by atoms with Crippen LogP contribution in [0.4, 0.5) is 23.1 Å². The summed E-state index contributed by atoms with van der Waals surface area (Å²) in [6.45, 7) is 4.08. The van der Waals surface area contributed by atoms with Gasteiger partial charge in [0.1, 0.15) is 0 Å². The highest BCUT2D eigenvalue weighted by atomic mass is 79.9. The quantitative estimate of drug-likeness (QED) is 0.695. The molecule has 3 aromatic rings. The standard InChI is InChI=1S/C17H16BrN5/c1-11-7-8-13(9-14(11)18)20-16-10-19-23-17(22-16)21-15-6-4-3-5-12(15)2/h3-10H,1-2H3,(H2,20,21,22,23). The summed E-state index contributed by atoms with van der Waals surface area (Å²) in [6, 6.07) is 14.0. The summed E-state index contributed by atoms with van der Waals surface area (Å²) in [6.07, 6.45) is 1.59. The maximum atomic E-state index is 4.45. The molecule has 6 heteroatoms. The lowest BCUT2D eigenvalue weighted by Gasteiger charge is -2.10. The molecule has 2 aromatic carbocycles. The van der Waals surface area contributed by atoms with Crippen LogP contribution in [0.1, 0.15) is 11.1 Å². The maximum Gasteiger partial charge on any atom is 0.249 e. The average molecular weight is 370 g/mol. The monoisotopic (exact) mass is 369 g/mol. The molecule has 0 bridgehead atoms. The molecule has 0 aliphatic heterocycles. The SMILES string of the molecule is Cc1ccc(Nc2cnnc(Nc3ccccc3C)n2)cc1Br. The Labute approximate surface area is 143 Å². The summed E-state index contributed by atoms with van der Waals surface area (Å²) in [5.41, 5.74) is 4.20. The molecule has 5 nitrogen and oxygen atoms in total. The van der Waals surface area contributed by atoms with Gasteiger partial charge in [0.05, 0.1) is 6.20 Å². The van der Waals surface area contributed by atoms with Crippen molar-refractivity contribution < 1.29 is 0 Å². The minimum atomic E-state index is 0.454. The van der Waals surface area contributed by atoms with Crippen LogP contribution in [0, 0.1) is 13.8 Å². The predicted molar refractivity (Wildman–Crippen MR) is 96.5 cm³/mol. The Bertz CT molecular complexity index is 835. The number of aromatic nitrogens is 3. The summed E-state index contributed by atoms with van der Waals surface area (Å²) < 4.78 is 1.04. The molecule has 0 saturated carbocycles. The number of anilines is 4. The minimum Gasteiger partial charge on any atom is -0.339 e. The van der Waals surface area contributed by atoms with Gasteiger partial charge in [0.2, 0.25) is 5.95 Å². The van der Waals surface area contributed by atoms with Gasteiger partial charge in [-0.1, -0.05) is 40.2 Å². The fraction of sp³-hybridized carbons (Fsp3) is 0.118. The van der Waals surface area contributed by atoms with E-state index in [4.69, 9.17) is 0 Å². The molecule has 2 N–H and O–H groups in total. The number of hydrogen-bond donors (Lipinski definition) is 2. The molecule has 0 fully saturated rings. The van der Waals surface area contributed by atoms with Gasteiger partial charge in [0.15, 0.2) is 5.82 Å². The number of nitrogens with one attached hydrogen (secondary N) is 2. The van der Waals surface area contributed by atoms with Crippen molar-refractivity contribution in [1.29, 1.82) is 0 Å². The van der Waals surface area contributed by atoms with Gasteiger partial charge in [-0.15, -0.1) is 5.10 Å². The first kappa shape index (κ1) is 15.4. The van der Waals surface area contributed by atoms with E-state index < -0.39 is 0 Å². The fourth-order valence-electron chi connectivity index (χ4n) is 2.07. The molecular weight excluding hydrogens is 354 g/mol. The third kappa shape index (κ3) is 3.84. The van der Waals surface area contributed by atoms with E-state index in [9.17, 15) is 0 Å². The molecule has 1 heterocycles. The van der Waals surface area contributed by atoms with E-state index in [0.717, 1.165) is 21.4 Å². The van der Waals surface area contributed by atoms with Crippen molar-refractivity contribution in [3.05, 3.63) is 64.3 Å². The zero-order valence-electron chi connectivity index (χ0n) is 12.8. The third-order valence-corrected chi connectivity index (χ3v) is 4.25. The van der Waals surface area contributed by atoms with Gasteiger partial charge in [-0.25, -0.2) is 0 Å². The van der Waals surface area contributed by atoms with Crippen molar-refractivity contribution in [3.8, 4) is 0 Å². The molecule has 0 amide bonds. The smallest absolute Gasteiger partial charge is 0.249 e. The minimum absolute atomic E-state index is 0.454. The van der Waals surface area contributed by atoms with Crippen molar-refractivity contribution in [2.24, 2.45) is 0 Å². The first-order chi connectivity index (χ1) is 11.1. The van der Waals surface area contributed by atoms with Crippen molar-refractivity contribution in [1.82, 2.24) is 15.2 Å². The average Bonchev–Trinajstić information content (AvgIpc) is 2.54. The summed E-state index contributed by atoms with van der Waals surface area (Å²) in [5, 5.41) is 14.4. The Morgan fingerprint density at radius 1 is 0.957 bits per heavy atom. The Hall–Kier alpha value is -2.47. The van der Waals surface area contributed by atoms with Crippen LogP contribution in [-0.4, -0.2) is 15.2 Å². The van der Waals surface area contributed by atoms with Gasteiger partial charge in [-0.3, -0.25) is 0 Å². The van der Waals surface area contributed by atoms with Gasteiger partial charge in [0.25, 0.3) is 0 Å². The molecule has 0 aliphatic rings. The highest BCUT2D eigenvalue weighted by molar-refractivity contribution is 9.10. The zero-order chi connectivity index (χ0) is 16.2. The third-order valence-electron chi connectivity index (χ3n) is 3.39. The van der Waals surface area contributed by atoms with Gasteiger partial charge in [0, 0.05) is 15.8 Å². The fourth-order valence-corrected chi connectivity index (χ4v) is 2.45. The largest absolute Gasteiger partial charge is 0.339 e. The molecule has 0 spiro atoms. The zero-order valence-corrected chi connectivity index (χ0v) is 14.4. The molecular formula is C17H16BrN5. The van der Waals surface area contributed by atoms with Crippen LogP contribution < -0.4 is 10.6 Å². The molecule has 116 valence electrons. The van der Waals surface area contributed by atoms with Crippen LogP contribution in [0.25, 0.3) is 0 Å². The van der Waals surface area contributed by atoms with E-state index in [1.165, 1.54) is 5.56 Å². The number of aryl methyl sites for hydroxylation is 2. The van der Waals surface area contributed by atoms with Crippen LogP contribution in [0.5, 0.6) is 0 Å². The molecule has 1 aromatic heterocycles. The Morgan fingerprint density at radius 3 is 2.57 bits per heavy atom. The molecule has 0 atom stereocenters. The molecule has 3 rings (SSSR count). The lowest BCUT2D eigenvalue weighted by atomic mass is 10.2. The van der Waals surface area contributed by atoms with Crippen molar-refractivity contribution in [3.63, 3.8) is 0 Å². The summed E-state index contributed by atoms with van der Waals surface area (Å²) in [7, 11) is 0. The second-order valence-electron chi connectivity index (χ2n) is 5.19. The number of rotatable bonds is 4. The van der Waals surface area contributed by atoms with Crippen LogP contribution >= 0.6 is 15.9 Å². The van der Waals surface area contributed by atoms with Gasteiger partial charge < -0.3 is 10.6 Å². The molecule has 0 aliphatic carbocycles. The summed E-state index contributed by atoms with van der Waals surface area (Å²) in [4.78, 5) is 4.45. The highest BCUT2D eigenvalue weighted by Crippen LogP contribution is 2.23. The highest BCUT2D eigenvalue weighted by Gasteiger charge is 2.04. The lowest BCUT2D eigenvalue weighted by Crippen LogP contribution is -2.03. The molecule has 0 radical (unpaired) electrons. The van der Waals surface area contributed by atoms with Gasteiger partial charge in [-0.2, -0.15) is 10.1 Å². The lowest BCUT2D eigenvalue weighted by molar-refractivity contribution is 0.981. The van der Waals surface area contributed by atoms with E-state index in [1.807, 2.05) is 56.3 Å². The first-order valence-corrected chi connectivity index (χ1v) is 7.97. The van der Waals surface area contributed by atoms with Crippen LogP contribution in [0.2, 0.25) is 0 Å². The summed E-state index contributed by atoms with van der Waals surface area (Å²) in [5.74, 6) is 1.09. The van der Waals surface area contributed by atoms with E-state index in [-0.39, 0.29) is 0 Å². The van der Waals surface area contributed by atoms with E-state index >= 15 is 0 Å². The number of halogens is 1. The van der Waals surface area contributed by atoms with Crippen molar-refractivity contribution in [2.75, 3.05) is 10.6 Å². The van der Waals surface area contributed by atoms with E-state index in [1.54, 1.807) is 6.20 Å². The second-order valence-corrected chi connectivity index (χ2v) is 6.05. The van der Waals surface area contributed by atoms with Gasteiger partial charge >= 0.3 is 0 Å². The topological polar surface area (TPSA) is 62.7 Å². The number of nitrogens with zero attached hydrogens (tertiary/aromatic N) is 3. The van der Waals surface area contributed by atoms with Crippen LogP contribution in [0.3, 0.4) is 0 Å². The Balaban J connectivity index is 1.79. The second kappa shape index (κ2) is 6.75. The van der Waals surface area contributed by atoms with Crippen molar-refractivity contribution >= 4 is 39.1 Å². The Morgan fingerprint density at radius 2 is 1.78 bits per heavy atom. The van der Waals surface area contributed by atoms with Crippen LogP contribution in [0.15, 0.2) is 53.1 Å². The number of para-hydroxylation sites is 1.